The molecule has 0 aliphatic heterocycles. The normalized spacial score (nSPS) is 11.5. The second kappa shape index (κ2) is 4.36. The molecule has 3 heterocycles. The molecule has 5 heteroatoms. The molecule has 3 nitrogen and oxygen atoms in total. The first kappa shape index (κ1) is 12.0. The summed E-state index contributed by atoms with van der Waals surface area (Å²) in [5, 5.41) is 1.72. The molecule has 0 aliphatic carbocycles. The fraction of sp³-hybridized carbons (Fsp3) is 0. The zero-order valence-electron chi connectivity index (χ0n) is 10.2. The maximum absolute atomic E-state index is 5.98. The van der Waals surface area contributed by atoms with Crippen LogP contribution in [0.3, 0.4) is 0 Å². The SMILES string of the molecule is Clc1ccc2nc(-c3cc4cc(Br)ccc4o3)cn2c1. The third-order valence-electron chi connectivity index (χ3n) is 3.15. The van der Waals surface area contributed by atoms with Crippen molar-refractivity contribution in [3.05, 3.63) is 58.3 Å². The van der Waals surface area contributed by atoms with Gasteiger partial charge in [-0.1, -0.05) is 27.5 Å². The molecule has 98 valence electrons. The van der Waals surface area contributed by atoms with Gasteiger partial charge in [-0.15, -0.1) is 0 Å². The van der Waals surface area contributed by atoms with Gasteiger partial charge in [-0.3, -0.25) is 0 Å². The van der Waals surface area contributed by atoms with E-state index in [0.29, 0.717) is 5.02 Å². The van der Waals surface area contributed by atoms with Crippen LogP contribution in [0.25, 0.3) is 28.1 Å². The van der Waals surface area contributed by atoms with Crippen LogP contribution in [-0.2, 0) is 0 Å². The van der Waals surface area contributed by atoms with Crippen molar-refractivity contribution in [3.8, 4) is 11.5 Å². The monoisotopic (exact) mass is 346 g/mol. The van der Waals surface area contributed by atoms with E-state index in [0.717, 1.165) is 32.5 Å². The van der Waals surface area contributed by atoms with Crippen LogP contribution >= 0.6 is 27.5 Å². The van der Waals surface area contributed by atoms with Crippen molar-refractivity contribution < 1.29 is 4.42 Å². The predicted octanol–water partition coefficient (Wildman–Crippen LogP) is 5.16. The number of imidazole rings is 1. The fourth-order valence-corrected chi connectivity index (χ4v) is 2.77. The Morgan fingerprint density at radius 3 is 2.90 bits per heavy atom. The summed E-state index contributed by atoms with van der Waals surface area (Å²) in [6, 6.07) is 11.6. The van der Waals surface area contributed by atoms with Gasteiger partial charge in [0.25, 0.3) is 0 Å². The Bertz CT molecular complexity index is 864. The molecular weight excluding hydrogens is 340 g/mol. The highest BCUT2D eigenvalue weighted by atomic mass is 79.9. The average Bonchev–Trinajstić information content (AvgIpc) is 3.00. The number of pyridine rings is 1. The molecule has 0 aliphatic rings. The molecule has 0 amide bonds. The number of fused-ring (bicyclic) bond motifs is 2. The number of aromatic nitrogens is 2. The van der Waals surface area contributed by atoms with E-state index < -0.39 is 0 Å². The summed E-state index contributed by atoms with van der Waals surface area (Å²) in [7, 11) is 0. The third-order valence-corrected chi connectivity index (χ3v) is 3.86. The van der Waals surface area contributed by atoms with Crippen molar-refractivity contribution in [2.75, 3.05) is 0 Å². The van der Waals surface area contributed by atoms with Crippen molar-refractivity contribution in [2.45, 2.75) is 0 Å². The lowest BCUT2D eigenvalue weighted by Crippen LogP contribution is -1.79. The van der Waals surface area contributed by atoms with E-state index in [1.54, 1.807) is 0 Å². The summed E-state index contributed by atoms with van der Waals surface area (Å²) in [5.41, 5.74) is 2.48. The molecule has 0 saturated carbocycles. The minimum Gasteiger partial charge on any atom is -0.454 e. The van der Waals surface area contributed by atoms with Crippen LogP contribution < -0.4 is 0 Å². The van der Waals surface area contributed by atoms with E-state index in [1.807, 2.05) is 53.2 Å². The van der Waals surface area contributed by atoms with Gasteiger partial charge in [0.2, 0.25) is 0 Å². The van der Waals surface area contributed by atoms with Crippen LogP contribution in [0.1, 0.15) is 0 Å². The number of furan rings is 1. The summed E-state index contributed by atoms with van der Waals surface area (Å²) in [4.78, 5) is 4.54. The van der Waals surface area contributed by atoms with Gasteiger partial charge in [0.05, 0.1) is 5.02 Å². The Hall–Kier alpha value is -1.78. The highest BCUT2D eigenvalue weighted by Gasteiger charge is 2.10. The topological polar surface area (TPSA) is 30.4 Å². The van der Waals surface area contributed by atoms with Crippen LogP contribution in [0.5, 0.6) is 0 Å². The van der Waals surface area contributed by atoms with Crippen LogP contribution in [0.4, 0.5) is 0 Å². The highest BCUT2D eigenvalue weighted by molar-refractivity contribution is 9.10. The van der Waals surface area contributed by atoms with Gasteiger partial charge in [0.1, 0.15) is 16.9 Å². The second-order valence-electron chi connectivity index (χ2n) is 4.53. The summed E-state index contributed by atoms with van der Waals surface area (Å²) in [5.74, 6) is 0.748. The molecule has 1 aromatic carbocycles. The first-order valence-corrected chi connectivity index (χ1v) is 7.20. The molecular formula is C15H8BrClN2O. The highest BCUT2D eigenvalue weighted by Crippen LogP contribution is 2.29. The lowest BCUT2D eigenvalue weighted by molar-refractivity contribution is 0.629. The van der Waals surface area contributed by atoms with Gasteiger partial charge in [0.15, 0.2) is 5.76 Å². The number of hydrogen-bond acceptors (Lipinski definition) is 2. The van der Waals surface area contributed by atoms with Gasteiger partial charge >= 0.3 is 0 Å². The molecule has 3 aromatic heterocycles. The maximum atomic E-state index is 5.98. The van der Waals surface area contributed by atoms with Crippen molar-refractivity contribution in [2.24, 2.45) is 0 Å². The van der Waals surface area contributed by atoms with Gasteiger partial charge in [-0.25, -0.2) is 4.98 Å². The van der Waals surface area contributed by atoms with Gasteiger partial charge in [0, 0.05) is 22.3 Å². The van der Waals surface area contributed by atoms with E-state index in [2.05, 4.69) is 20.9 Å². The van der Waals surface area contributed by atoms with Crippen molar-refractivity contribution >= 4 is 44.1 Å². The first-order valence-electron chi connectivity index (χ1n) is 6.03. The minimum absolute atomic E-state index is 0.676. The molecule has 20 heavy (non-hydrogen) atoms. The standard InChI is InChI=1S/C15H8BrClN2O/c16-10-1-3-13-9(5-10)6-14(20-13)12-8-19-7-11(17)2-4-15(19)18-12/h1-8H. The summed E-state index contributed by atoms with van der Waals surface area (Å²) >= 11 is 9.44. The number of nitrogens with zero attached hydrogens (tertiary/aromatic N) is 2. The molecule has 0 N–H and O–H groups in total. The molecule has 0 spiro atoms. The average molecular weight is 348 g/mol. The first-order chi connectivity index (χ1) is 9.69. The van der Waals surface area contributed by atoms with Crippen LogP contribution in [0, 0.1) is 0 Å². The number of halogens is 2. The molecule has 0 radical (unpaired) electrons. The Morgan fingerprint density at radius 1 is 1.10 bits per heavy atom. The number of hydrogen-bond donors (Lipinski definition) is 0. The molecule has 4 aromatic rings. The Labute approximate surface area is 127 Å². The maximum Gasteiger partial charge on any atom is 0.155 e. The smallest absolute Gasteiger partial charge is 0.155 e. The number of benzene rings is 1. The Balaban J connectivity index is 1.91. The van der Waals surface area contributed by atoms with E-state index in [9.17, 15) is 0 Å². The van der Waals surface area contributed by atoms with Gasteiger partial charge < -0.3 is 8.82 Å². The van der Waals surface area contributed by atoms with Gasteiger partial charge in [-0.05, 0) is 36.4 Å². The van der Waals surface area contributed by atoms with Crippen molar-refractivity contribution in [1.82, 2.24) is 9.38 Å². The largest absolute Gasteiger partial charge is 0.454 e. The molecule has 0 bridgehead atoms. The molecule has 0 saturated heterocycles. The zero-order chi connectivity index (χ0) is 13.7. The molecule has 0 unspecified atom stereocenters. The van der Waals surface area contributed by atoms with E-state index >= 15 is 0 Å². The van der Waals surface area contributed by atoms with E-state index in [1.165, 1.54) is 0 Å². The third kappa shape index (κ3) is 1.92. The van der Waals surface area contributed by atoms with Gasteiger partial charge in [-0.2, -0.15) is 0 Å². The second-order valence-corrected chi connectivity index (χ2v) is 5.88. The molecule has 0 atom stereocenters. The minimum atomic E-state index is 0.676. The number of rotatable bonds is 1. The predicted molar refractivity (Wildman–Crippen MR) is 83.1 cm³/mol. The van der Waals surface area contributed by atoms with Crippen LogP contribution in [0.2, 0.25) is 5.02 Å². The van der Waals surface area contributed by atoms with E-state index in [-0.39, 0.29) is 0 Å². The van der Waals surface area contributed by atoms with Crippen LogP contribution in [-0.4, -0.2) is 9.38 Å². The summed E-state index contributed by atoms with van der Waals surface area (Å²) in [6.07, 6.45) is 3.74. The molecule has 0 fully saturated rings. The van der Waals surface area contributed by atoms with Crippen molar-refractivity contribution in [3.63, 3.8) is 0 Å². The van der Waals surface area contributed by atoms with Crippen molar-refractivity contribution in [1.29, 1.82) is 0 Å². The lowest BCUT2D eigenvalue weighted by Gasteiger charge is -1.91. The molecule has 4 rings (SSSR count). The zero-order valence-corrected chi connectivity index (χ0v) is 12.5. The summed E-state index contributed by atoms with van der Waals surface area (Å²) in [6.45, 7) is 0. The lowest BCUT2D eigenvalue weighted by atomic mass is 10.2. The quantitative estimate of drug-likeness (QED) is 0.476. The van der Waals surface area contributed by atoms with Crippen LogP contribution in [0.15, 0.2) is 57.7 Å². The Kier molecular flexibility index (Phi) is 2.62. The Morgan fingerprint density at radius 2 is 2.00 bits per heavy atom. The summed E-state index contributed by atoms with van der Waals surface area (Å²) < 4.78 is 8.76. The fourth-order valence-electron chi connectivity index (χ4n) is 2.22. The van der Waals surface area contributed by atoms with E-state index in [4.69, 9.17) is 16.0 Å².